The Morgan fingerprint density at radius 1 is 1.27 bits per heavy atom. The number of aromatic nitrogens is 2. The Labute approximate surface area is 194 Å². The molecule has 0 bridgehead atoms. The number of piperazine rings is 1. The second-order valence-electron chi connectivity index (χ2n) is 7.92. The van der Waals surface area contributed by atoms with E-state index in [1.165, 1.54) is 11.2 Å². The highest BCUT2D eigenvalue weighted by molar-refractivity contribution is 5.94. The van der Waals surface area contributed by atoms with Crippen LogP contribution in [0.15, 0.2) is 29.3 Å². The van der Waals surface area contributed by atoms with Crippen molar-refractivity contribution in [1.82, 2.24) is 25.1 Å². The number of hydrogen-bond acceptors (Lipinski definition) is 8. The maximum absolute atomic E-state index is 12.6. The van der Waals surface area contributed by atoms with Crippen molar-refractivity contribution >= 4 is 36.2 Å². The van der Waals surface area contributed by atoms with Crippen LogP contribution in [0.1, 0.15) is 41.3 Å². The van der Waals surface area contributed by atoms with Crippen LogP contribution in [0.4, 0.5) is 17.6 Å². The molecule has 3 rings (SSSR count). The summed E-state index contributed by atoms with van der Waals surface area (Å²) in [5.41, 5.74) is 8.12. The van der Waals surface area contributed by atoms with Gasteiger partial charge in [-0.25, -0.2) is 4.99 Å². The van der Waals surface area contributed by atoms with Crippen molar-refractivity contribution in [2.24, 2.45) is 4.99 Å². The van der Waals surface area contributed by atoms with Crippen LogP contribution in [0, 0.1) is 6.92 Å². The van der Waals surface area contributed by atoms with E-state index in [2.05, 4.69) is 32.5 Å². The van der Waals surface area contributed by atoms with Crippen LogP contribution in [0.2, 0.25) is 0 Å². The van der Waals surface area contributed by atoms with Crippen molar-refractivity contribution in [2.75, 3.05) is 43.8 Å². The van der Waals surface area contributed by atoms with Gasteiger partial charge in [-0.2, -0.15) is 9.97 Å². The third-order valence-electron chi connectivity index (χ3n) is 5.39. The molecule has 0 unspecified atom stereocenters. The number of aliphatic imine (C=N–C) groups is 1. The number of unbranched alkanes of at least 4 members (excludes halogenated alkanes) is 1. The fourth-order valence-electron chi connectivity index (χ4n) is 3.45. The summed E-state index contributed by atoms with van der Waals surface area (Å²) in [5, 5.41) is 6.49. The molecule has 2 heterocycles. The van der Waals surface area contributed by atoms with Crippen LogP contribution < -0.4 is 16.4 Å². The van der Waals surface area contributed by atoms with E-state index in [9.17, 15) is 9.59 Å². The monoisotopic (exact) mass is 452 g/mol. The maximum Gasteiger partial charge on any atom is 0.253 e. The molecule has 33 heavy (non-hydrogen) atoms. The zero-order chi connectivity index (χ0) is 23.6. The summed E-state index contributed by atoms with van der Waals surface area (Å²) in [6, 6.07) is 7.29. The first-order chi connectivity index (χ1) is 16.0. The van der Waals surface area contributed by atoms with Crippen molar-refractivity contribution in [3.05, 3.63) is 41.0 Å². The number of carbonyl (C=O) groups is 2. The van der Waals surface area contributed by atoms with Crippen molar-refractivity contribution < 1.29 is 9.59 Å². The Kier molecular flexibility index (Phi) is 8.71. The van der Waals surface area contributed by atoms with Crippen molar-refractivity contribution in [3.8, 4) is 0 Å². The second-order valence-corrected chi connectivity index (χ2v) is 7.92. The Morgan fingerprint density at radius 2 is 2.00 bits per heavy atom. The van der Waals surface area contributed by atoms with Gasteiger partial charge in [0.05, 0.1) is 12.9 Å². The maximum atomic E-state index is 12.6. The lowest BCUT2D eigenvalue weighted by molar-refractivity contribution is -0.115. The van der Waals surface area contributed by atoms with Crippen LogP contribution in [0.25, 0.3) is 0 Å². The van der Waals surface area contributed by atoms with Crippen LogP contribution in [-0.2, 0) is 11.3 Å². The molecule has 10 nitrogen and oxygen atoms in total. The van der Waals surface area contributed by atoms with E-state index < -0.39 is 0 Å². The summed E-state index contributed by atoms with van der Waals surface area (Å²) in [6.07, 6.45) is 4.21. The third kappa shape index (κ3) is 6.72. The number of amides is 2. The number of nitrogens with zero attached hydrogens (tertiary/aromatic N) is 5. The fourth-order valence-corrected chi connectivity index (χ4v) is 3.45. The Morgan fingerprint density at radius 3 is 2.67 bits per heavy atom. The van der Waals surface area contributed by atoms with Gasteiger partial charge in [-0.1, -0.05) is 25.5 Å². The molecular formula is C23H32N8O2. The molecule has 0 aliphatic carbocycles. The molecule has 1 aromatic carbocycles. The molecule has 1 aromatic heterocycles. The molecule has 0 atom stereocenters. The fraction of sp³-hybridized carbons (Fsp3) is 0.435. The lowest BCUT2D eigenvalue weighted by Crippen LogP contribution is -2.46. The molecule has 2 amide bonds. The highest BCUT2D eigenvalue weighted by Gasteiger charge is 2.17. The Hall–Kier alpha value is -3.53. The van der Waals surface area contributed by atoms with Crippen LogP contribution in [-0.4, -0.2) is 71.1 Å². The minimum Gasteiger partial charge on any atom is -0.370 e. The second kappa shape index (κ2) is 11.9. The van der Waals surface area contributed by atoms with Gasteiger partial charge in [0.1, 0.15) is 5.82 Å². The normalized spacial score (nSPS) is 13.8. The first kappa shape index (κ1) is 24.1. The van der Waals surface area contributed by atoms with E-state index in [1.807, 2.05) is 24.0 Å². The van der Waals surface area contributed by atoms with Gasteiger partial charge < -0.3 is 26.2 Å². The SMILES string of the molecule is CCCCNc1nc(N)nc(/N=C\N(C=O)Cc2ccc(C(=O)N3CCNCC3)cc2)c1C. The minimum atomic E-state index is 0.0250. The molecule has 2 aromatic rings. The number of nitrogens with two attached hydrogens (primary N) is 1. The standard InChI is InChI=1S/C23H32N8O2/c1-3-4-9-26-20-17(2)21(29-23(24)28-20)27-15-30(16-32)14-18-5-7-19(8-6-18)22(33)31-12-10-25-11-13-31/h5-8,15-16,25H,3-4,9-14H2,1-2H3,(H3,24,26,28,29)/b27-15-. The zero-order valence-corrected chi connectivity index (χ0v) is 19.3. The molecule has 1 saturated heterocycles. The lowest BCUT2D eigenvalue weighted by atomic mass is 10.1. The molecule has 0 spiro atoms. The predicted molar refractivity (Wildman–Crippen MR) is 130 cm³/mol. The van der Waals surface area contributed by atoms with Crippen LogP contribution in [0.5, 0.6) is 0 Å². The van der Waals surface area contributed by atoms with Crippen molar-refractivity contribution in [1.29, 1.82) is 0 Å². The van der Waals surface area contributed by atoms with Gasteiger partial charge in [-0.15, -0.1) is 0 Å². The van der Waals surface area contributed by atoms with E-state index in [4.69, 9.17) is 5.73 Å². The molecule has 0 saturated carbocycles. The van der Waals surface area contributed by atoms with Gasteiger partial charge in [0.2, 0.25) is 12.4 Å². The molecule has 1 fully saturated rings. The van der Waals surface area contributed by atoms with Crippen molar-refractivity contribution in [2.45, 2.75) is 33.2 Å². The smallest absolute Gasteiger partial charge is 0.253 e. The van der Waals surface area contributed by atoms with Gasteiger partial charge >= 0.3 is 0 Å². The lowest BCUT2D eigenvalue weighted by Gasteiger charge is -2.27. The van der Waals surface area contributed by atoms with Crippen LogP contribution >= 0.6 is 0 Å². The Bertz CT molecular complexity index is 971. The highest BCUT2D eigenvalue weighted by Crippen LogP contribution is 2.23. The average molecular weight is 453 g/mol. The van der Waals surface area contributed by atoms with E-state index in [1.54, 1.807) is 12.1 Å². The van der Waals surface area contributed by atoms with E-state index >= 15 is 0 Å². The third-order valence-corrected chi connectivity index (χ3v) is 5.39. The average Bonchev–Trinajstić information content (AvgIpc) is 2.84. The molecular weight excluding hydrogens is 420 g/mol. The molecule has 0 radical (unpaired) electrons. The summed E-state index contributed by atoms with van der Waals surface area (Å²) >= 11 is 0. The van der Waals surface area contributed by atoms with Gasteiger partial charge in [-0.3, -0.25) is 9.59 Å². The Balaban J connectivity index is 1.65. The largest absolute Gasteiger partial charge is 0.370 e. The minimum absolute atomic E-state index is 0.0250. The number of hydrogen-bond donors (Lipinski definition) is 3. The van der Waals surface area contributed by atoms with Gasteiger partial charge in [0, 0.05) is 43.9 Å². The predicted octanol–water partition coefficient (Wildman–Crippen LogP) is 1.94. The van der Waals surface area contributed by atoms with Gasteiger partial charge in [-0.05, 0) is 31.0 Å². The molecule has 4 N–H and O–H groups in total. The summed E-state index contributed by atoms with van der Waals surface area (Å²) < 4.78 is 0. The first-order valence-electron chi connectivity index (χ1n) is 11.2. The molecule has 1 aliphatic rings. The van der Waals surface area contributed by atoms with E-state index in [0.717, 1.165) is 43.6 Å². The first-order valence-corrected chi connectivity index (χ1v) is 11.2. The topological polar surface area (TPSA) is 129 Å². The van der Waals surface area contributed by atoms with Gasteiger partial charge in [0.25, 0.3) is 5.91 Å². The van der Waals surface area contributed by atoms with Crippen LogP contribution in [0.3, 0.4) is 0 Å². The summed E-state index contributed by atoms with van der Waals surface area (Å²) in [7, 11) is 0. The number of anilines is 2. The zero-order valence-electron chi connectivity index (χ0n) is 19.3. The molecule has 1 aliphatic heterocycles. The number of benzene rings is 1. The van der Waals surface area contributed by atoms with Gasteiger partial charge in [0.15, 0.2) is 5.82 Å². The number of carbonyl (C=O) groups excluding carboxylic acids is 2. The summed E-state index contributed by atoms with van der Waals surface area (Å²) in [4.78, 5) is 40.3. The van der Waals surface area contributed by atoms with E-state index in [-0.39, 0.29) is 11.9 Å². The summed E-state index contributed by atoms with van der Waals surface area (Å²) in [6.45, 7) is 8.11. The highest BCUT2D eigenvalue weighted by atomic mass is 16.2. The molecule has 176 valence electrons. The summed E-state index contributed by atoms with van der Waals surface area (Å²) in [5.74, 6) is 1.20. The molecule has 10 heteroatoms. The number of rotatable bonds is 10. The number of nitrogens with one attached hydrogen (secondary N) is 2. The quantitative estimate of drug-likeness (QED) is 0.217. The number of nitrogen functional groups attached to an aromatic ring is 1. The van der Waals surface area contributed by atoms with Crippen molar-refractivity contribution in [3.63, 3.8) is 0 Å². The van der Waals surface area contributed by atoms with E-state index in [0.29, 0.717) is 43.2 Å².